The fraction of sp³-hybridized carbons (Fsp3) is 0.273. The molecule has 8 heteroatoms. The van der Waals surface area contributed by atoms with Crippen LogP contribution in [0.4, 0.5) is 5.69 Å². The second-order valence-corrected chi connectivity index (χ2v) is 3.78. The fourth-order valence-corrected chi connectivity index (χ4v) is 1.39. The molecule has 0 spiro atoms. The zero-order chi connectivity index (χ0) is 14.4. The molecular formula is C11H13N3O5. The molecule has 1 aromatic rings. The molecular weight excluding hydrogens is 254 g/mol. The molecule has 0 saturated heterocycles. The number of nitrogens with one attached hydrogen (secondary N) is 1. The minimum atomic E-state index is -1.48. The summed E-state index contributed by atoms with van der Waals surface area (Å²) < 4.78 is 0. The lowest BCUT2D eigenvalue weighted by molar-refractivity contribution is -0.385. The highest BCUT2D eigenvalue weighted by Gasteiger charge is 2.17. The number of primary amides is 1. The van der Waals surface area contributed by atoms with E-state index in [1.165, 1.54) is 18.2 Å². The van der Waals surface area contributed by atoms with E-state index in [-0.39, 0.29) is 24.2 Å². The quantitative estimate of drug-likeness (QED) is 0.453. The van der Waals surface area contributed by atoms with E-state index in [0.29, 0.717) is 0 Å². The van der Waals surface area contributed by atoms with Gasteiger partial charge in [-0.2, -0.15) is 0 Å². The molecule has 102 valence electrons. The first-order valence-corrected chi connectivity index (χ1v) is 5.38. The Morgan fingerprint density at radius 2 is 2.05 bits per heavy atom. The molecule has 0 radical (unpaired) electrons. The van der Waals surface area contributed by atoms with E-state index in [4.69, 9.17) is 10.8 Å². The summed E-state index contributed by atoms with van der Waals surface area (Å²) in [5.74, 6) is -1.50. The van der Waals surface area contributed by atoms with Gasteiger partial charge in [-0.25, -0.2) is 0 Å². The number of aliphatic hydroxyl groups is 1. The average molecular weight is 267 g/mol. The lowest BCUT2D eigenvalue weighted by atomic mass is 10.1. The molecule has 19 heavy (non-hydrogen) atoms. The van der Waals surface area contributed by atoms with Crippen LogP contribution >= 0.6 is 0 Å². The van der Waals surface area contributed by atoms with Crippen molar-refractivity contribution in [1.82, 2.24) is 5.32 Å². The number of carbonyl (C=O) groups is 2. The van der Waals surface area contributed by atoms with E-state index in [9.17, 15) is 19.7 Å². The summed E-state index contributed by atoms with van der Waals surface area (Å²) in [5, 5.41) is 22.1. The highest BCUT2D eigenvalue weighted by Crippen LogP contribution is 2.17. The number of rotatable bonds is 6. The molecule has 4 N–H and O–H groups in total. The smallest absolute Gasteiger partial charge is 0.273 e. The minimum absolute atomic E-state index is 0.159. The Kier molecular flexibility index (Phi) is 4.95. The number of nitrogens with two attached hydrogens (primary N) is 1. The number of nitrogens with zero attached hydrogens (tertiary/aromatic N) is 1. The molecule has 0 aliphatic heterocycles. The first-order valence-electron chi connectivity index (χ1n) is 5.38. The van der Waals surface area contributed by atoms with Crippen LogP contribution in [0.3, 0.4) is 0 Å². The number of para-hydroxylation sites is 1. The lowest BCUT2D eigenvalue weighted by Gasteiger charge is -2.08. The molecule has 0 heterocycles. The van der Waals surface area contributed by atoms with Crippen LogP contribution in [0, 0.1) is 10.1 Å². The Bertz CT molecular complexity index is 503. The normalized spacial score (nSPS) is 11.6. The zero-order valence-electron chi connectivity index (χ0n) is 9.91. The Balaban J connectivity index is 2.63. The van der Waals surface area contributed by atoms with Crippen LogP contribution in [0.5, 0.6) is 0 Å². The molecule has 0 aliphatic carbocycles. The third kappa shape index (κ3) is 4.36. The molecule has 1 aromatic carbocycles. The lowest BCUT2D eigenvalue weighted by Crippen LogP contribution is -2.40. The van der Waals surface area contributed by atoms with Crippen LogP contribution in [-0.4, -0.2) is 34.5 Å². The summed E-state index contributed by atoms with van der Waals surface area (Å²) in [6.07, 6.45) is -1.70. The van der Waals surface area contributed by atoms with E-state index in [1.807, 2.05) is 0 Å². The number of carbonyl (C=O) groups excluding carboxylic acids is 2. The summed E-state index contributed by atoms with van der Waals surface area (Å²) in [4.78, 5) is 32.2. The molecule has 0 saturated carbocycles. The standard InChI is InChI=1S/C11H13N3O5/c12-11(17)9(15)6-13-10(16)5-7-3-1-2-4-8(7)14(18)19/h1-4,9,15H,5-6H2,(H2,12,17)(H,13,16). The van der Waals surface area contributed by atoms with Crippen molar-refractivity contribution >= 4 is 17.5 Å². The number of nitro groups is 1. The fourth-order valence-electron chi connectivity index (χ4n) is 1.39. The van der Waals surface area contributed by atoms with Crippen molar-refractivity contribution in [2.24, 2.45) is 5.73 Å². The van der Waals surface area contributed by atoms with Gasteiger partial charge in [0.25, 0.3) is 5.69 Å². The van der Waals surface area contributed by atoms with Crippen LogP contribution in [0.1, 0.15) is 5.56 Å². The molecule has 0 aliphatic rings. The van der Waals surface area contributed by atoms with Gasteiger partial charge in [0.2, 0.25) is 11.8 Å². The van der Waals surface area contributed by atoms with Gasteiger partial charge in [0.05, 0.1) is 17.9 Å². The summed E-state index contributed by atoms with van der Waals surface area (Å²) in [7, 11) is 0. The molecule has 1 atom stereocenters. The van der Waals surface area contributed by atoms with E-state index in [1.54, 1.807) is 6.07 Å². The van der Waals surface area contributed by atoms with Crippen LogP contribution in [0.25, 0.3) is 0 Å². The second-order valence-electron chi connectivity index (χ2n) is 3.78. The Labute approximate surface area is 108 Å². The molecule has 8 nitrogen and oxygen atoms in total. The minimum Gasteiger partial charge on any atom is -0.381 e. The van der Waals surface area contributed by atoms with Crippen molar-refractivity contribution in [2.75, 3.05) is 6.54 Å². The van der Waals surface area contributed by atoms with Crippen LogP contribution < -0.4 is 11.1 Å². The maximum Gasteiger partial charge on any atom is 0.273 e. The molecule has 0 bridgehead atoms. The van der Waals surface area contributed by atoms with Crippen molar-refractivity contribution in [2.45, 2.75) is 12.5 Å². The average Bonchev–Trinajstić information content (AvgIpc) is 2.36. The number of aliphatic hydroxyl groups excluding tert-OH is 1. The Morgan fingerprint density at radius 3 is 2.63 bits per heavy atom. The van der Waals surface area contributed by atoms with Crippen LogP contribution in [0.15, 0.2) is 24.3 Å². The number of hydrogen-bond donors (Lipinski definition) is 3. The SMILES string of the molecule is NC(=O)C(O)CNC(=O)Cc1ccccc1[N+](=O)[O-]. The van der Waals surface area contributed by atoms with Gasteiger partial charge in [-0.15, -0.1) is 0 Å². The highest BCUT2D eigenvalue weighted by atomic mass is 16.6. The van der Waals surface area contributed by atoms with Gasteiger partial charge in [0.1, 0.15) is 6.10 Å². The molecule has 0 aromatic heterocycles. The maximum absolute atomic E-state index is 11.5. The van der Waals surface area contributed by atoms with Crippen LogP contribution in [-0.2, 0) is 16.0 Å². The van der Waals surface area contributed by atoms with Gasteiger partial charge in [-0.3, -0.25) is 19.7 Å². The summed E-state index contributed by atoms with van der Waals surface area (Å²) in [6, 6.07) is 5.83. The summed E-state index contributed by atoms with van der Waals surface area (Å²) in [6.45, 7) is -0.325. The molecule has 1 rings (SSSR count). The summed E-state index contributed by atoms with van der Waals surface area (Å²) >= 11 is 0. The predicted molar refractivity (Wildman–Crippen MR) is 65.0 cm³/mol. The van der Waals surface area contributed by atoms with Gasteiger partial charge in [0, 0.05) is 11.6 Å². The van der Waals surface area contributed by atoms with Crippen molar-refractivity contribution in [1.29, 1.82) is 0 Å². The monoisotopic (exact) mass is 267 g/mol. The number of hydrogen-bond acceptors (Lipinski definition) is 5. The largest absolute Gasteiger partial charge is 0.381 e. The van der Waals surface area contributed by atoms with Crippen molar-refractivity contribution < 1.29 is 19.6 Å². The number of benzene rings is 1. The number of nitro benzene ring substituents is 1. The van der Waals surface area contributed by atoms with Gasteiger partial charge in [-0.1, -0.05) is 18.2 Å². The molecule has 2 amide bonds. The first-order chi connectivity index (χ1) is 8.91. The van der Waals surface area contributed by atoms with Gasteiger partial charge < -0.3 is 16.2 Å². The topological polar surface area (TPSA) is 136 Å². The molecule has 0 fully saturated rings. The zero-order valence-corrected chi connectivity index (χ0v) is 9.91. The predicted octanol–water partition coefficient (Wildman–Crippen LogP) is -0.900. The van der Waals surface area contributed by atoms with Crippen molar-refractivity contribution in [3.8, 4) is 0 Å². The second kappa shape index (κ2) is 6.45. The van der Waals surface area contributed by atoms with Gasteiger partial charge in [0.15, 0.2) is 0 Å². The van der Waals surface area contributed by atoms with E-state index in [0.717, 1.165) is 0 Å². The highest BCUT2D eigenvalue weighted by molar-refractivity contribution is 5.82. The first kappa shape index (κ1) is 14.6. The van der Waals surface area contributed by atoms with Crippen LogP contribution in [0.2, 0.25) is 0 Å². The Morgan fingerprint density at radius 1 is 1.42 bits per heavy atom. The van der Waals surface area contributed by atoms with Crippen molar-refractivity contribution in [3.05, 3.63) is 39.9 Å². The molecule has 1 unspecified atom stereocenters. The van der Waals surface area contributed by atoms with Gasteiger partial charge in [-0.05, 0) is 0 Å². The summed E-state index contributed by atoms with van der Waals surface area (Å²) in [5.41, 5.74) is 4.90. The van der Waals surface area contributed by atoms with Crippen molar-refractivity contribution in [3.63, 3.8) is 0 Å². The third-order valence-corrected chi connectivity index (χ3v) is 2.36. The number of amides is 2. The van der Waals surface area contributed by atoms with E-state index >= 15 is 0 Å². The third-order valence-electron chi connectivity index (χ3n) is 2.36. The van der Waals surface area contributed by atoms with Gasteiger partial charge >= 0.3 is 0 Å². The Hall–Kier alpha value is -2.48. The van der Waals surface area contributed by atoms with E-state index in [2.05, 4.69) is 5.32 Å². The van der Waals surface area contributed by atoms with E-state index < -0.39 is 22.8 Å². The maximum atomic E-state index is 11.5.